The first-order valence-corrected chi connectivity index (χ1v) is 11.4. The van der Waals surface area contributed by atoms with Crippen LogP contribution >= 0.6 is 11.8 Å². The van der Waals surface area contributed by atoms with Gasteiger partial charge in [-0.2, -0.15) is 0 Å². The van der Waals surface area contributed by atoms with E-state index >= 15 is 0 Å². The smallest absolute Gasteiger partial charge is 0.277 e. The molecule has 1 aliphatic rings. The van der Waals surface area contributed by atoms with Crippen molar-refractivity contribution in [2.45, 2.75) is 45.4 Å². The highest BCUT2D eigenvalue weighted by atomic mass is 32.2. The predicted molar refractivity (Wildman–Crippen MR) is 99.4 cm³/mol. The van der Waals surface area contributed by atoms with Gasteiger partial charge in [-0.1, -0.05) is 11.8 Å². The Kier molecular flexibility index (Phi) is 5.57. The number of ketones is 1. The first-order chi connectivity index (χ1) is 12.3. The molecule has 0 amide bonds. The molecule has 3 heterocycles. The van der Waals surface area contributed by atoms with Gasteiger partial charge in [0.15, 0.2) is 15.6 Å². The van der Waals surface area contributed by atoms with Crippen molar-refractivity contribution in [3.8, 4) is 0 Å². The Labute approximate surface area is 157 Å². The number of nitrogens with zero attached hydrogens (tertiary/aromatic N) is 3. The van der Waals surface area contributed by atoms with Gasteiger partial charge in [0.05, 0.1) is 17.3 Å². The molecule has 1 saturated heterocycles. The zero-order valence-electron chi connectivity index (χ0n) is 15.2. The number of rotatable bonds is 7. The van der Waals surface area contributed by atoms with Crippen molar-refractivity contribution in [1.82, 2.24) is 14.8 Å². The minimum Gasteiger partial charge on any atom is -0.416 e. The van der Waals surface area contributed by atoms with Crippen LogP contribution in [-0.4, -0.2) is 46.2 Å². The summed E-state index contributed by atoms with van der Waals surface area (Å²) in [7, 11) is -2.91. The largest absolute Gasteiger partial charge is 0.416 e. The predicted octanol–water partition coefficient (Wildman–Crippen LogP) is 2.46. The maximum absolute atomic E-state index is 12.5. The number of hydrogen-bond donors (Lipinski definition) is 0. The standard InChI is InChI=1S/C17H23N3O4S2/c1-4-20-11(2)7-14(12(20)3)15(21)9-25-17-19-18-16(24-17)8-13-5-6-26(22,23)10-13/h7,13H,4-6,8-10H2,1-3H3/t13-/m0/s1. The van der Waals surface area contributed by atoms with Gasteiger partial charge in [0.1, 0.15) is 0 Å². The fourth-order valence-corrected chi connectivity index (χ4v) is 5.96. The lowest BCUT2D eigenvalue weighted by molar-refractivity contribution is 0.102. The Balaban J connectivity index is 1.57. The van der Waals surface area contributed by atoms with E-state index in [1.165, 1.54) is 11.8 Å². The number of hydrogen-bond acceptors (Lipinski definition) is 7. The van der Waals surface area contributed by atoms with Crippen molar-refractivity contribution >= 4 is 27.4 Å². The van der Waals surface area contributed by atoms with Gasteiger partial charge < -0.3 is 8.98 Å². The molecule has 0 aromatic carbocycles. The minimum absolute atomic E-state index is 0.0319. The Hall–Kier alpha value is -1.61. The second-order valence-electron chi connectivity index (χ2n) is 6.68. The summed E-state index contributed by atoms with van der Waals surface area (Å²) in [6, 6.07) is 1.92. The molecule has 1 atom stereocenters. The first kappa shape index (κ1) is 19.2. The molecule has 2 aromatic heterocycles. The zero-order chi connectivity index (χ0) is 18.9. The van der Waals surface area contributed by atoms with Gasteiger partial charge in [0.2, 0.25) is 5.89 Å². The van der Waals surface area contributed by atoms with Gasteiger partial charge >= 0.3 is 0 Å². The molecule has 0 N–H and O–H groups in total. The molecule has 0 saturated carbocycles. The fourth-order valence-electron chi connectivity index (χ4n) is 3.43. The molecule has 0 spiro atoms. The highest BCUT2D eigenvalue weighted by Gasteiger charge is 2.29. The maximum atomic E-state index is 12.5. The Morgan fingerprint density at radius 3 is 2.77 bits per heavy atom. The van der Waals surface area contributed by atoms with Crippen LogP contribution in [0.2, 0.25) is 0 Å². The van der Waals surface area contributed by atoms with Crippen LogP contribution in [0.25, 0.3) is 0 Å². The van der Waals surface area contributed by atoms with Gasteiger partial charge in [-0.05, 0) is 39.2 Å². The lowest BCUT2D eigenvalue weighted by atomic mass is 10.1. The van der Waals surface area contributed by atoms with Crippen LogP contribution < -0.4 is 0 Å². The first-order valence-electron chi connectivity index (χ1n) is 8.64. The molecule has 142 valence electrons. The van der Waals surface area contributed by atoms with Crippen molar-refractivity contribution in [1.29, 1.82) is 0 Å². The van der Waals surface area contributed by atoms with Crippen LogP contribution in [0.1, 0.15) is 41.0 Å². The quantitative estimate of drug-likeness (QED) is 0.523. The number of aryl methyl sites for hydroxylation is 1. The molecule has 9 heteroatoms. The SMILES string of the molecule is CCn1c(C)cc(C(=O)CSc2nnc(C[C@@H]3CCS(=O)(=O)C3)o2)c1C. The van der Waals surface area contributed by atoms with E-state index in [0.29, 0.717) is 24.0 Å². The summed E-state index contributed by atoms with van der Waals surface area (Å²) in [6.07, 6.45) is 1.11. The average Bonchev–Trinajstić information content (AvgIpc) is 3.24. The molecule has 7 nitrogen and oxygen atoms in total. The number of thioether (sulfide) groups is 1. The third-order valence-electron chi connectivity index (χ3n) is 4.76. The Bertz CT molecular complexity index is 915. The van der Waals surface area contributed by atoms with E-state index in [4.69, 9.17) is 4.42 Å². The fraction of sp³-hybridized carbons (Fsp3) is 0.588. The van der Waals surface area contributed by atoms with Crippen molar-refractivity contribution in [3.63, 3.8) is 0 Å². The Morgan fingerprint density at radius 2 is 2.15 bits per heavy atom. The molecule has 0 unspecified atom stereocenters. The molecule has 0 bridgehead atoms. The van der Waals surface area contributed by atoms with Gasteiger partial charge in [-0.15, -0.1) is 10.2 Å². The van der Waals surface area contributed by atoms with Crippen LogP contribution in [-0.2, 0) is 22.8 Å². The molecule has 0 aliphatic carbocycles. The molecule has 1 fully saturated rings. The highest BCUT2D eigenvalue weighted by molar-refractivity contribution is 7.99. The second kappa shape index (κ2) is 7.56. The zero-order valence-corrected chi connectivity index (χ0v) is 16.8. The van der Waals surface area contributed by atoms with E-state index in [1.807, 2.05) is 19.9 Å². The number of carbonyl (C=O) groups excluding carboxylic acids is 1. The molecule has 1 aliphatic heterocycles. The minimum atomic E-state index is -2.91. The molecule has 26 heavy (non-hydrogen) atoms. The van der Waals surface area contributed by atoms with Gasteiger partial charge in [-0.25, -0.2) is 8.42 Å². The van der Waals surface area contributed by atoms with Crippen molar-refractivity contribution < 1.29 is 17.6 Å². The van der Waals surface area contributed by atoms with Gasteiger partial charge in [-0.3, -0.25) is 4.79 Å². The number of sulfone groups is 1. The maximum Gasteiger partial charge on any atom is 0.277 e. The summed E-state index contributed by atoms with van der Waals surface area (Å²) < 4.78 is 30.7. The monoisotopic (exact) mass is 397 g/mol. The van der Waals surface area contributed by atoms with Crippen LogP contribution in [0.5, 0.6) is 0 Å². The number of Topliss-reactive ketones (excluding diaryl/α,β-unsaturated/α-hetero) is 1. The van der Waals surface area contributed by atoms with Crippen LogP contribution in [0, 0.1) is 19.8 Å². The summed E-state index contributed by atoms with van der Waals surface area (Å²) in [5.41, 5.74) is 2.78. The average molecular weight is 398 g/mol. The summed E-state index contributed by atoms with van der Waals surface area (Å²) in [5, 5.41) is 8.29. The van der Waals surface area contributed by atoms with E-state index in [-0.39, 0.29) is 29.0 Å². The molecular weight excluding hydrogens is 374 g/mol. The lowest BCUT2D eigenvalue weighted by Gasteiger charge is -2.05. The van der Waals surface area contributed by atoms with E-state index in [0.717, 1.165) is 23.5 Å². The van der Waals surface area contributed by atoms with E-state index < -0.39 is 9.84 Å². The molecule has 0 radical (unpaired) electrons. The summed E-state index contributed by atoms with van der Waals surface area (Å²) in [4.78, 5) is 12.5. The van der Waals surface area contributed by atoms with Crippen molar-refractivity contribution in [2.24, 2.45) is 5.92 Å². The van der Waals surface area contributed by atoms with Crippen LogP contribution in [0.15, 0.2) is 15.7 Å². The normalized spacial score (nSPS) is 19.1. The van der Waals surface area contributed by atoms with Crippen LogP contribution in [0.4, 0.5) is 0 Å². The summed E-state index contributed by atoms with van der Waals surface area (Å²) in [6.45, 7) is 6.84. The van der Waals surface area contributed by atoms with Gasteiger partial charge in [0.25, 0.3) is 5.22 Å². The van der Waals surface area contributed by atoms with Crippen LogP contribution in [0.3, 0.4) is 0 Å². The van der Waals surface area contributed by atoms with Gasteiger partial charge in [0, 0.05) is 29.9 Å². The third kappa shape index (κ3) is 4.20. The van der Waals surface area contributed by atoms with Crippen molar-refractivity contribution in [2.75, 3.05) is 17.3 Å². The molecule has 2 aromatic rings. The summed E-state index contributed by atoms with van der Waals surface area (Å²) in [5.74, 6) is 1.16. The van der Waals surface area contributed by atoms with Crippen molar-refractivity contribution in [3.05, 3.63) is 28.9 Å². The second-order valence-corrected chi connectivity index (χ2v) is 9.83. The topological polar surface area (TPSA) is 95.1 Å². The number of aromatic nitrogens is 3. The number of carbonyl (C=O) groups is 1. The van der Waals surface area contributed by atoms with E-state index in [1.54, 1.807) is 0 Å². The van der Waals surface area contributed by atoms with E-state index in [2.05, 4.69) is 21.7 Å². The Morgan fingerprint density at radius 1 is 1.38 bits per heavy atom. The highest BCUT2D eigenvalue weighted by Crippen LogP contribution is 2.25. The molecular formula is C17H23N3O4S2. The lowest BCUT2D eigenvalue weighted by Crippen LogP contribution is -2.07. The summed E-state index contributed by atoms with van der Waals surface area (Å²) >= 11 is 1.22. The molecule has 3 rings (SSSR count). The third-order valence-corrected chi connectivity index (χ3v) is 7.41. The van der Waals surface area contributed by atoms with E-state index in [9.17, 15) is 13.2 Å².